The summed E-state index contributed by atoms with van der Waals surface area (Å²) in [5, 5.41) is 10.1. The quantitative estimate of drug-likeness (QED) is 0.903. The van der Waals surface area contributed by atoms with E-state index < -0.39 is 0 Å². The van der Waals surface area contributed by atoms with Gasteiger partial charge < -0.3 is 19.2 Å². The minimum absolute atomic E-state index is 0.0805. The van der Waals surface area contributed by atoms with Gasteiger partial charge in [0.15, 0.2) is 5.76 Å². The molecule has 5 nitrogen and oxygen atoms in total. The molecule has 0 aliphatic carbocycles. The molecule has 106 valence electrons. The molecule has 1 N–H and O–H groups in total. The number of aliphatic hydroxyl groups is 1. The molecular weight excluding hydrogens is 258 g/mol. The molecule has 0 bridgehead atoms. The third kappa shape index (κ3) is 2.19. The Morgan fingerprint density at radius 3 is 3.00 bits per heavy atom. The second-order valence-corrected chi connectivity index (χ2v) is 4.98. The summed E-state index contributed by atoms with van der Waals surface area (Å²) in [5.41, 5.74) is 1.58. The topological polar surface area (TPSA) is 62.9 Å². The van der Waals surface area contributed by atoms with E-state index in [-0.39, 0.29) is 18.6 Å². The van der Waals surface area contributed by atoms with Gasteiger partial charge in [0, 0.05) is 24.0 Å². The van der Waals surface area contributed by atoms with Crippen LogP contribution in [0.2, 0.25) is 0 Å². The van der Waals surface area contributed by atoms with Crippen LogP contribution in [0.3, 0.4) is 0 Å². The summed E-state index contributed by atoms with van der Waals surface area (Å²) in [6.45, 7) is 3.17. The number of hydrogen-bond acceptors (Lipinski definition) is 4. The number of rotatable bonds is 2. The van der Waals surface area contributed by atoms with E-state index in [0.29, 0.717) is 25.5 Å². The van der Waals surface area contributed by atoms with Crippen LogP contribution in [-0.4, -0.2) is 48.3 Å². The lowest BCUT2D eigenvalue weighted by Crippen LogP contribution is -2.46. The van der Waals surface area contributed by atoms with Crippen molar-refractivity contribution < 1.29 is 19.1 Å². The highest BCUT2D eigenvalue weighted by Gasteiger charge is 2.28. The molecule has 1 saturated heterocycles. The van der Waals surface area contributed by atoms with Crippen molar-refractivity contribution in [2.45, 2.75) is 13.0 Å². The normalized spacial score (nSPS) is 19.5. The number of carbonyl (C=O) groups excluding carboxylic acids is 1. The molecule has 20 heavy (non-hydrogen) atoms. The molecule has 1 fully saturated rings. The number of benzene rings is 1. The van der Waals surface area contributed by atoms with Gasteiger partial charge in [-0.3, -0.25) is 4.79 Å². The molecule has 1 aromatic carbocycles. The third-order valence-corrected chi connectivity index (χ3v) is 3.67. The first kappa shape index (κ1) is 13.1. The Bertz CT molecular complexity index is 634. The van der Waals surface area contributed by atoms with E-state index in [0.717, 1.165) is 16.5 Å². The van der Waals surface area contributed by atoms with Crippen molar-refractivity contribution in [1.82, 2.24) is 4.90 Å². The molecule has 0 spiro atoms. The van der Waals surface area contributed by atoms with E-state index in [4.69, 9.17) is 14.3 Å². The first-order valence-corrected chi connectivity index (χ1v) is 6.70. The lowest BCUT2D eigenvalue weighted by atomic mass is 10.1. The van der Waals surface area contributed by atoms with Crippen LogP contribution in [0.25, 0.3) is 11.0 Å². The molecule has 0 saturated carbocycles. The van der Waals surface area contributed by atoms with E-state index >= 15 is 0 Å². The van der Waals surface area contributed by atoms with Crippen molar-refractivity contribution in [3.8, 4) is 0 Å². The Hall–Kier alpha value is -1.85. The van der Waals surface area contributed by atoms with Crippen LogP contribution in [0.15, 0.2) is 28.7 Å². The van der Waals surface area contributed by atoms with Crippen LogP contribution >= 0.6 is 0 Å². The number of para-hydroxylation sites is 1. The molecule has 1 unspecified atom stereocenters. The number of furan rings is 1. The zero-order valence-electron chi connectivity index (χ0n) is 11.3. The highest BCUT2D eigenvalue weighted by molar-refractivity contribution is 5.98. The van der Waals surface area contributed by atoms with Gasteiger partial charge in [-0.05, 0) is 13.0 Å². The second kappa shape index (κ2) is 5.26. The Morgan fingerprint density at radius 2 is 2.25 bits per heavy atom. The van der Waals surface area contributed by atoms with Crippen LogP contribution in [0.1, 0.15) is 16.1 Å². The summed E-state index contributed by atoms with van der Waals surface area (Å²) in [6, 6.07) is 7.61. The Kier molecular flexibility index (Phi) is 3.46. The van der Waals surface area contributed by atoms with Crippen molar-refractivity contribution in [1.29, 1.82) is 0 Å². The third-order valence-electron chi connectivity index (χ3n) is 3.67. The Morgan fingerprint density at radius 1 is 1.45 bits per heavy atom. The predicted molar refractivity (Wildman–Crippen MR) is 73.7 cm³/mol. The summed E-state index contributed by atoms with van der Waals surface area (Å²) < 4.78 is 11.0. The number of morpholine rings is 1. The zero-order valence-corrected chi connectivity index (χ0v) is 11.3. The van der Waals surface area contributed by atoms with Gasteiger partial charge in [-0.2, -0.15) is 0 Å². The molecule has 1 aliphatic rings. The first-order chi connectivity index (χ1) is 9.70. The standard InChI is InChI=1S/C15H17NO4/c1-10-12-4-2-3-5-13(12)20-14(10)15(18)16-6-7-19-11(8-16)9-17/h2-5,11,17H,6-9H2,1H3. The second-order valence-electron chi connectivity index (χ2n) is 4.98. The fourth-order valence-electron chi connectivity index (χ4n) is 2.54. The molecule has 1 amide bonds. The van der Waals surface area contributed by atoms with Gasteiger partial charge in [0.1, 0.15) is 5.58 Å². The van der Waals surface area contributed by atoms with E-state index in [2.05, 4.69) is 0 Å². The first-order valence-electron chi connectivity index (χ1n) is 6.70. The Labute approximate surface area is 116 Å². The lowest BCUT2D eigenvalue weighted by Gasteiger charge is -2.31. The van der Waals surface area contributed by atoms with Gasteiger partial charge in [-0.1, -0.05) is 18.2 Å². The molecule has 2 aromatic rings. The number of hydrogen-bond donors (Lipinski definition) is 1. The number of aliphatic hydroxyl groups excluding tert-OH is 1. The van der Waals surface area contributed by atoms with E-state index in [1.165, 1.54) is 0 Å². The SMILES string of the molecule is Cc1c(C(=O)N2CCOC(CO)C2)oc2ccccc12. The molecule has 1 atom stereocenters. The maximum Gasteiger partial charge on any atom is 0.290 e. The minimum Gasteiger partial charge on any atom is -0.451 e. The van der Waals surface area contributed by atoms with Crippen LogP contribution in [0, 0.1) is 6.92 Å². The van der Waals surface area contributed by atoms with Crippen molar-refractivity contribution in [2.75, 3.05) is 26.3 Å². The molecule has 1 aliphatic heterocycles. The van der Waals surface area contributed by atoms with Gasteiger partial charge >= 0.3 is 0 Å². The largest absolute Gasteiger partial charge is 0.451 e. The van der Waals surface area contributed by atoms with Gasteiger partial charge in [0.05, 0.1) is 19.3 Å². The van der Waals surface area contributed by atoms with Gasteiger partial charge in [0.2, 0.25) is 0 Å². The highest BCUT2D eigenvalue weighted by Crippen LogP contribution is 2.26. The summed E-state index contributed by atoms with van der Waals surface area (Å²) in [7, 11) is 0. The fraction of sp³-hybridized carbons (Fsp3) is 0.400. The number of fused-ring (bicyclic) bond motifs is 1. The molecule has 3 rings (SSSR count). The lowest BCUT2D eigenvalue weighted by molar-refractivity contribution is -0.0453. The summed E-state index contributed by atoms with van der Waals surface area (Å²) in [5.74, 6) is 0.241. The number of amides is 1. The highest BCUT2D eigenvalue weighted by atomic mass is 16.5. The number of carbonyl (C=O) groups is 1. The molecule has 5 heteroatoms. The van der Waals surface area contributed by atoms with Crippen molar-refractivity contribution >= 4 is 16.9 Å². The number of nitrogens with zero attached hydrogens (tertiary/aromatic N) is 1. The number of ether oxygens (including phenoxy) is 1. The predicted octanol–water partition coefficient (Wildman–Crippen LogP) is 1.57. The fourth-order valence-corrected chi connectivity index (χ4v) is 2.54. The molecular formula is C15H17NO4. The molecule has 2 heterocycles. The van der Waals surface area contributed by atoms with Crippen LogP contribution in [0.4, 0.5) is 0 Å². The van der Waals surface area contributed by atoms with Crippen molar-refractivity contribution in [3.63, 3.8) is 0 Å². The summed E-state index contributed by atoms with van der Waals surface area (Å²) in [6.07, 6.45) is -0.308. The van der Waals surface area contributed by atoms with E-state index in [1.54, 1.807) is 4.90 Å². The maximum absolute atomic E-state index is 12.5. The average Bonchev–Trinajstić information content (AvgIpc) is 2.84. The monoisotopic (exact) mass is 275 g/mol. The van der Waals surface area contributed by atoms with E-state index in [1.807, 2.05) is 31.2 Å². The van der Waals surface area contributed by atoms with Crippen LogP contribution in [-0.2, 0) is 4.74 Å². The average molecular weight is 275 g/mol. The number of aryl methyl sites for hydroxylation is 1. The van der Waals surface area contributed by atoms with Crippen molar-refractivity contribution in [2.24, 2.45) is 0 Å². The smallest absolute Gasteiger partial charge is 0.290 e. The van der Waals surface area contributed by atoms with Crippen LogP contribution < -0.4 is 0 Å². The maximum atomic E-state index is 12.5. The van der Waals surface area contributed by atoms with E-state index in [9.17, 15) is 4.79 Å². The van der Waals surface area contributed by atoms with Crippen molar-refractivity contribution in [3.05, 3.63) is 35.6 Å². The molecule has 1 aromatic heterocycles. The summed E-state index contributed by atoms with van der Waals surface area (Å²) >= 11 is 0. The van der Waals surface area contributed by atoms with Gasteiger partial charge in [-0.25, -0.2) is 0 Å². The van der Waals surface area contributed by atoms with Gasteiger partial charge in [-0.15, -0.1) is 0 Å². The van der Waals surface area contributed by atoms with Crippen LogP contribution in [0.5, 0.6) is 0 Å². The van der Waals surface area contributed by atoms with Gasteiger partial charge in [0.25, 0.3) is 5.91 Å². The zero-order chi connectivity index (χ0) is 14.1. The summed E-state index contributed by atoms with van der Waals surface area (Å²) in [4.78, 5) is 14.2. The minimum atomic E-state index is -0.308. The molecule has 0 radical (unpaired) electrons. The Balaban J connectivity index is 1.90.